The Bertz CT molecular complexity index is 1320. The number of hydrogen-bond donors (Lipinski definition) is 2. The van der Waals surface area contributed by atoms with Crippen molar-refractivity contribution in [2.45, 2.75) is 20.3 Å². The monoisotopic (exact) mass is 459 g/mol. The number of nitrogens with one attached hydrogen (secondary N) is 2. The van der Waals surface area contributed by atoms with Crippen molar-refractivity contribution in [2.75, 3.05) is 31.6 Å². The summed E-state index contributed by atoms with van der Waals surface area (Å²) < 4.78 is 19.3. The van der Waals surface area contributed by atoms with Crippen molar-refractivity contribution >= 4 is 29.2 Å². The number of aromatic amines is 1. The number of rotatable bonds is 4. The highest BCUT2D eigenvalue weighted by Gasteiger charge is 2.28. The average molecular weight is 460 g/mol. The number of amides is 2. The summed E-state index contributed by atoms with van der Waals surface area (Å²) in [6.45, 7) is 6.25. The highest BCUT2D eigenvalue weighted by atomic mass is 19.1. The first-order chi connectivity index (χ1) is 16.4. The maximum atomic E-state index is 13.9. The van der Waals surface area contributed by atoms with Crippen LogP contribution in [0.2, 0.25) is 0 Å². The van der Waals surface area contributed by atoms with Crippen LogP contribution in [0.15, 0.2) is 42.5 Å². The van der Waals surface area contributed by atoms with Gasteiger partial charge in [-0.3, -0.25) is 9.59 Å². The molecule has 5 rings (SSSR count). The number of aryl methyl sites for hydroxylation is 1. The van der Waals surface area contributed by atoms with E-state index in [2.05, 4.69) is 10.3 Å². The lowest BCUT2D eigenvalue weighted by Crippen LogP contribution is -2.41. The maximum absolute atomic E-state index is 13.9. The lowest BCUT2D eigenvalue weighted by molar-refractivity contribution is -0.134. The molecule has 2 aliphatic rings. The van der Waals surface area contributed by atoms with E-state index in [4.69, 9.17) is 4.74 Å². The fourth-order valence-electron chi connectivity index (χ4n) is 4.73. The lowest BCUT2D eigenvalue weighted by atomic mass is 9.94. The summed E-state index contributed by atoms with van der Waals surface area (Å²) in [6, 6.07) is 11.9. The highest BCUT2D eigenvalue weighted by Crippen LogP contribution is 2.41. The predicted octanol–water partition coefficient (Wildman–Crippen LogP) is 4.33. The number of anilines is 1. The number of halogens is 1. The van der Waals surface area contributed by atoms with Gasteiger partial charge in [0.2, 0.25) is 5.91 Å². The van der Waals surface area contributed by atoms with E-state index in [1.54, 1.807) is 6.07 Å². The van der Waals surface area contributed by atoms with Gasteiger partial charge in [-0.1, -0.05) is 24.3 Å². The second-order valence-electron chi connectivity index (χ2n) is 8.69. The summed E-state index contributed by atoms with van der Waals surface area (Å²) in [7, 11) is 0. The van der Waals surface area contributed by atoms with Crippen LogP contribution in [-0.4, -0.2) is 48.0 Å². The van der Waals surface area contributed by atoms with E-state index in [1.165, 1.54) is 12.1 Å². The van der Waals surface area contributed by atoms with Crippen LogP contribution in [0.4, 0.5) is 10.1 Å². The molecule has 7 heteroatoms. The number of carbonyl (C=O) groups excluding carboxylic acids is 2. The van der Waals surface area contributed by atoms with E-state index in [-0.39, 0.29) is 17.6 Å². The third-order valence-electron chi connectivity index (χ3n) is 6.57. The van der Waals surface area contributed by atoms with Crippen molar-refractivity contribution in [3.63, 3.8) is 0 Å². The van der Waals surface area contributed by atoms with Crippen LogP contribution in [0.25, 0.3) is 22.8 Å². The molecule has 0 radical (unpaired) electrons. The van der Waals surface area contributed by atoms with Crippen LogP contribution in [0.1, 0.15) is 28.1 Å². The van der Waals surface area contributed by atoms with Crippen LogP contribution in [0.3, 0.4) is 0 Å². The van der Waals surface area contributed by atoms with Gasteiger partial charge in [0.25, 0.3) is 5.91 Å². The fourth-order valence-corrected chi connectivity index (χ4v) is 4.73. The van der Waals surface area contributed by atoms with Crippen LogP contribution in [-0.2, 0) is 20.7 Å². The summed E-state index contributed by atoms with van der Waals surface area (Å²) in [4.78, 5) is 30.9. The molecule has 174 valence electrons. The number of aromatic nitrogens is 1. The molecule has 1 saturated heterocycles. The first-order valence-corrected chi connectivity index (χ1v) is 11.4. The second kappa shape index (κ2) is 8.91. The molecule has 1 fully saturated rings. The molecular weight excluding hydrogens is 433 g/mol. The molecule has 3 heterocycles. The van der Waals surface area contributed by atoms with Gasteiger partial charge in [0.05, 0.1) is 25.2 Å². The van der Waals surface area contributed by atoms with Gasteiger partial charge in [-0.15, -0.1) is 0 Å². The standard InChI is InChI=1S/C27H26FN3O3/c1-16-21(15-25(32)31-9-11-34-12-10-31)17(2)29-24(16)14-22-26-20(18-5-3-6-19(28)13-18)7-4-8-23(26)30-27(22)33/h3-8,13-14,29H,9-12,15H2,1-2H3,(H,30,33). The summed E-state index contributed by atoms with van der Waals surface area (Å²) in [6.07, 6.45) is 2.13. The molecule has 34 heavy (non-hydrogen) atoms. The van der Waals surface area contributed by atoms with Crippen LogP contribution in [0, 0.1) is 19.7 Å². The van der Waals surface area contributed by atoms with Crippen molar-refractivity contribution in [3.05, 3.63) is 76.4 Å². The molecule has 0 atom stereocenters. The largest absolute Gasteiger partial charge is 0.378 e. The van der Waals surface area contributed by atoms with Crippen LogP contribution in [0.5, 0.6) is 0 Å². The Morgan fingerprint density at radius 2 is 1.91 bits per heavy atom. The highest BCUT2D eigenvalue weighted by molar-refractivity contribution is 6.36. The molecule has 2 N–H and O–H groups in total. The quantitative estimate of drug-likeness (QED) is 0.571. The van der Waals surface area contributed by atoms with Gasteiger partial charge in [0.1, 0.15) is 5.82 Å². The predicted molar refractivity (Wildman–Crippen MR) is 130 cm³/mol. The van der Waals surface area contributed by atoms with Gasteiger partial charge in [0.15, 0.2) is 0 Å². The number of morpholine rings is 1. The van der Waals surface area contributed by atoms with Gasteiger partial charge in [-0.2, -0.15) is 0 Å². The topological polar surface area (TPSA) is 74.4 Å². The smallest absolute Gasteiger partial charge is 0.256 e. The van der Waals surface area contributed by atoms with E-state index in [9.17, 15) is 14.0 Å². The van der Waals surface area contributed by atoms with Crippen molar-refractivity contribution < 1.29 is 18.7 Å². The summed E-state index contributed by atoms with van der Waals surface area (Å²) in [5, 5.41) is 2.92. The Morgan fingerprint density at radius 3 is 2.68 bits per heavy atom. The third-order valence-corrected chi connectivity index (χ3v) is 6.57. The molecule has 3 aromatic rings. The Morgan fingerprint density at radius 1 is 1.15 bits per heavy atom. The molecule has 6 nitrogen and oxygen atoms in total. The van der Waals surface area contributed by atoms with Gasteiger partial charge < -0.3 is 19.9 Å². The Kier molecular flexibility index (Phi) is 5.79. The van der Waals surface area contributed by atoms with Crippen molar-refractivity contribution in [2.24, 2.45) is 0 Å². The Labute approximate surface area is 197 Å². The maximum Gasteiger partial charge on any atom is 0.256 e. The van der Waals surface area contributed by atoms with Gasteiger partial charge in [-0.25, -0.2) is 4.39 Å². The molecule has 2 aliphatic heterocycles. The minimum Gasteiger partial charge on any atom is -0.378 e. The van der Waals surface area contributed by atoms with Gasteiger partial charge in [0, 0.05) is 35.7 Å². The van der Waals surface area contributed by atoms with Crippen molar-refractivity contribution in [1.29, 1.82) is 0 Å². The minimum absolute atomic E-state index is 0.0741. The number of fused-ring (bicyclic) bond motifs is 1. The SMILES string of the molecule is Cc1[nH]c(C=C2C(=O)Nc3cccc(-c4cccc(F)c4)c32)c(C)c1CC(=O)N1CCOCC1. The van der Waals surface area contributed by atoms with E-state index >= 15 is 0 Å². The molecule has 0 spiro atoms. The zero-order chi connectivity index (χ0) is 23.8. The minimum atomic E-state index is -0.330. The number of carbonyl (C=O) groups is 2. The number of ether oxygens (including phenoxy) is 1. The summed E-state index contributed by atoms with van der Waals surface area (Å²) in [5.74, 6) is -0.468. The number of hydrogen-bond acceptors (Lipinski definition) is 3. The first-order valence-electron chi connectivity index (χ1n) is 11.4. The van der Waals surface area contributed by atoms with E-state index < -0.39 is 0 Å². The molecule has 0 aliphatic carbocycles. The molecule has 1 aromatic heterocycles. The van der Waals surface area contributed by atoms with Gasteiger partial charge in [-0.05, 0) is 60.4 Å². The van der Waals surface area contributed by atoms with E-state index in [1.807, 2.05) is 49.1 Å². The first kappa shape index (κ1) is 22.1. The summed E-state index contributed by atoms with van der Waals surface area (Å²) >= 11 is 0. The molecule has 2 aromatic carbocycles. The average Bonchev–Trinajstić information content (AvgIpc) is 3.30. The molecule has 0 saturated carbocycles. The normalized spacial score (nSPS) is 16.6. The van der Waals surface area contributed by atoms with Crippen LogP contribution < -0.4 is 5.32 Å². The molecule has 2 amide bonds. The second-order valence-corrected chi connectivity index (χ2v) is 8.69. The van der Waals surface area contributed by atoms with Gasteiger partial charge >= 0.3 is 0 Å². The van der Waals surface area contributed by atoms with Crippen LogP contribution >= 0.6 is 0 Å². The zero-order valence-electron chi connectivity index (χ0n) is 19.2. The molecular formula is C27H26FN3O3. The van der Waals surface area contributed by atoms with Crippen molar-refractivity contribution in [3.8, 4) is 11.1 Å². The van der Waals surface area contributed by atoms with Crippen molar-refractivity contribution in [1.82, 2.24) is 9.88 Å². The molecule has 0 unspecified atom stereocenters. The Balaban J connectivity index is 1.52. The Hall–Kier alpha value is -3.71. The van der Waals surface area contributed by atoms with E-state index in [0.29, 0.717) is 49.5 Å². The fraction of sp³-hybridized carbons (Fsp3) is 0.259. The third kappa shape index (κ3) is 4.03. The summed E-state index contributed by atoms with van der Waals surface area (Å²) in [5.41, 5.74) is 7.01. The van der Waals surface area contributed by atoms with E-state index in [0.717, 1.165) is 33.6 Å². The number of nitrogens with zero attached hydrogens (tertiary/aromatic N) is 1. The zero-order valence-corrected chi connectivity index (χ0v) is 19.2. The number of H-pyrrole nitrogens is 1. The number of benzene rings is 2. The lowest BCUT2D eigenvalue weighted by Gasteiger charge is -2.27. The molecule has 0 bridgehead atoms.